The first-order valence-electron chi connectivity index (χ1n) is 11.0. The molecule has 0 fully saturated rings. The molecule has 0 aliphatic heterocycles. The maximum absolute atomic E-state index is 5.62. The van der Waals surface area contributed by atoms with Crippen LogP contribution < -0.4 is 23.7 Å². The average Bonchev–Trinajstić information content (AvgIpc) is 3.32. The predicted molar refractivity (Wildman–Crippen MR) is 129 cm³/mol. The summed E-state index contributed by atoms with van der Waals surface area (Å²) in [7, 11) is 4.96. The smallest absolute Gasteiger partial charge is 0.424 e. The molecule has 4 aromatic rings. The zero-order chi connectivity index (χ0) is 23.5. The summed E-state index contributed by atoms with van der Waals surface area (Å²) >= 11 is 0. The molecule has 0 aliphatic rings. The molecule has 8 nitrogen and oxygen atoms in total. The fraction of sp³-hybridized carbons (Fsp3) is 0.320. The van der Waals surface area contributed by atoms with E-state index < -0.39 is 0 Å². The normalized spacial score (nSPS) is 11.0. The lowest BCUT2D eigenvalue weighted by Crippen LogP contribution is -2.38. The van der Waals surface area contributed by atoms with Crippen molar-refractivity contribution in [2.24, 2.45) is 0 Å². The van der Waals surface area contributed by atoms with Crippen molar-refractivity contribution < 1.29 is 18.8 Å². The number of aromatic amines is 1. The molecule has 2 aromatic carbocycles. The number of rotatable bonds is 8. The van der Waals surface area contributed by atoms with E-state index in [1.54, 1.807) is 21.3 Å². The van der Waals surface area contributed by atoms with Crippen molar-refractivity contribution in [2.45, 2.75) is 20.8 Å². The molecule has 0 saturated heterocycles. The third kappa shape index (κ3) is 4.04. The van der Waals surface area contributed by atoms with Crippen molar-refractivity contribution >= 4 is 16.7 Å². The van der Waals surface area contributed by atoms with Gasteiger partial charge in [0, 0.05) is 24.0 Å². The van der Waals surface area contributed by atoms with Gasteiger partial charge in [0.1, 0.15) is 11.4 Å². The number of benzene rings is 2. The number of nitrogens with zero attached hydrogens (tertiary/aromatic N) is 4. The van der Waals surface area contributed by atoms with E-state index in [4.69, 9.17) is 19.2 Å². The van der Waals surface area contributed by atoms with Crippen molar-refractivity contribution in [3.05, 3.63) is 48.2 Å². The molecule has 0 unspecified atom stereocenters. The van der Waals surface area contributed by atoms with Crippen LogP contribution >= 0.6 is 0 Å². The lowest BCUT2D eigenvalue weighted by Gasteiger charge is -2.16. The summed E-state index contributed by atoms with van der Waals surface area (Å²) in [4.78, 5) is 6.94. The number of hydrogen-bond acceptors (Lipinski definition) is 6. The van der Waals surface area contributed by atoms with Crippen LogP contribution in [0.2, 0.25) is 0 Å². The van der Waals surface area contributed by atoms with Gasteiger partial charge in [0.15, 0.2) is 11.5 Å². The van der Waals surface area contributed by atoms with Gasteiger partial charge in [-0.05, 0) is 73.6 Å². The van der Waals surface area contributed by atoms with Gasteiger partial charge in [-0.15, -0.1) is 5.10 Å². The van der Waals surface area contributed by atoms with Gasteiger partial charge < -0.3 is 19.1 Å². The summed E-state index contributed by atoms with van der Waals surface area (Å²) in [6.45, 7) is 7.91. The Morgan fingerprint density at radius 2 is 1.58 bits per heavy atom. The standard InChI is InChI=1S/C25H30N5O3/c1-7-29(8-2)24-26-25(28-27-24)30-16(3)13-18-14-21(32-5)22(33-6)15-20(18)23(30)17-9-11-19(31-4)12-10-17/h9-15H,7-8H2,1-6H3,(H,26,27,28)/q+1. The first kappa shape index (κ1) is 22.4. The highest BCUT2D eigenvalue weighted by Crippen LogP contribution is 2.36. The van der Waals surface area contributed by atoms with Crippen LogP contribution in [0.15, 0.2) is 42.5 Å². The second kappa shape index (κ2) is 9.36. The topological polar surface area (TPSA) is 76.4 Å². The highest BCUT2D eigenvalue weighted by Gasteiger charge is 2.26. The van der Waals surface area contributed by atoms with Crippen molar-refractivity contribution in [1.82, 2.24) is 15.2 Å². The lowest BCUT2D eigenvalue weighted by atomic mass is 10.0. The number of H-pyrrole nitrogens is 1. The maximum atomic E-state index is 5.62. The van der Waals surface area contributed by atoms with Crippen LogP contribution in [0.25, 0.3) is 28.0 Å². The molecule has 172 valence electrons. The summed E-state index contributed by atoms with van der Waals surface area (Å²) in [5.41, 5.74) is 2.98. The molecule has 33 heavy (non-hydrogen) atoms. The first-order valence-corrected chi connectivity index (χ1v) is 11.0. The van der Waals surface area contributed by atoms with Gasteiger partial charge in [0.05, 0.1) is 27.0 Å². The number of aryl methyl sites for hydroxylation is 1. The van der Waals surface area contributed by atoms with Gasteiger partial charge in [-0.3, -0.25) is 0 Å². The first-order chi connectivity index (χ1) is 16.0. The fourth-order valence-electron chi connectivity index (χ4n) is 4.10. The van der Waals surface area contributed by atoms with Crippen LogP contribution in [0, 0.1) is 6.92 Å². The largest absolute Gasteiger partial charge is 0.497 e. The van der Waals surface area contributed by atoms with Crippen molar-refractivity contribution in [3.63, 3.8) is 0 Å². The summed E-state index contributed by atoms with van der Waals surface area (Å²) in [5, 5.41) is 9.67. The molecule has 4 rings (SSSR count). The summed E-state index contributed by atoms with van der Waals surface area (Å²) in [5.74, 6) is 3.47. The average molecular weight is 449 g/mol. The minimum atomic E-state index is 0.650. The van der Waals surface area contributed by atoms with Crippen LogP contribution in [0.4, 0.5) is 5.95 Å². The Bertz CT molecular complexity index is 1260. The lowest BCUT2D eigenvalue weighted by molar-refractivity contribution is -0.597. The summed E-state index contributed by atoms with van der Waals surface area (Å²) < 4.78 is 18.6. The monoisotopic (exact) mass is 448 g/mol. The molecule has 0 bridgehead atoms. The molecule has 0 saturated carbocycles. The Morgan fingerprint density at radius 3 is 2.18 bits per heavy atom. The van der Waals surface area contributed by atoms with E-state index in [1.807, 2.05) is 36.4 Å². The number of methoxy groups -OCH3 is 3. The van der Waals surface area contributed by atoms with E-state index in [0.717, 1.165) is 46.6 Å². The number of ether oxygens (including phenoxy) is 3. The molecule has 0 radical (unpaired) electrons. The second-order valence-electron chi connectivity index (χ2n) is 7.62. The van der Waals surface area contributed by atoms with Gasteiger partial charge in [-0.1, -0.05) is 5.10 Å². The van der Waals surface area contributed by atoms with E-state index in [-0.39, 0.29) is 0 Å². The van der Waals surface area contributed by atoms with Crippen molar-refractivity contribution in [1.29, 1.82) is 0 Å². The number of aromatic nitrogens is 4. The maximum Gasteiger partial charge on any atom is 0.424 e. The third-order valence-corrected chi connectivity index (χ3v) is 5.83. The Balaban J connectivity index is 2.03. The molecule has 1 N–H and O–H groups in total. The minimum Gasteiger partial charge on any atom is -0.497 e. The van der Waals surface area contributed by atoms with E-state index in [0.29, 0.717) is 23.4 Å². The van der Waals surface area contributed by atoms with Crippen molar-refractivity contribution in [2.75, 3.05) is 39.3 Å². The molecule has 8 heteroatoms. The number of hydrogen-bond donors (Lipinski definition) is 1. The molecular formula is C25H30N5O3+. The van der Waals surface area contributed by atoms with Gasteiger partial charge in [-0.25, -0.2) is 0 Å². The van der Waals surface area contributed by atoms with Gasteiger partial charge in [-0.2, -0.15) is 4.57 Å². The van der Waals surface area contributed by atoms with Crippen LogP contribution in [0.5, 0.6) is 17.2 Å². The third-order valence-electron chi connectivity index (χ3n) is 5.83. The van der Waals surface area contributed by atoms with Crippen LogP contribution in [-0.2, 0) is 0 Å². The van der Waals surface area contributed by atoms with E-state index in [2.05, 4.69) is 46.5 Å². The Morgan fingerprint density at radius 1 is 0.909 bits per heavy atom. The molecular weight excluding hydrogens is 418 g/mol. The number of anilines is 1. The van der Waals surface area contributed by atoms with E-state index >= 15 is 0 Å². The number of pyridine rings is 1. The van der Waals surface area contributed by atoms with Gasteiger partial charge in [0.25, 0.3) is 0 Å². The second-order valence-corrected chi connectivity index (χ2v) is 7.62. The Hall–Kier alpha value is -3.81. The highest BCUT2D eigenvalue weighted by molar-refractivity contribution is 5.95. The molecule has 2 heterocycles. The predicted octanol–water partition coefficient (Wildman–Crippen LogP) is 4.08. The minimum absolute atomic E-state index is 0.650. The SMILES string of the molecule is CCN(CC)c1n[nH]c(-[n+]2c(C)cc3cc(OC)c(OC)cc3c2-c2ccc(OC)cc2)n1. The summed E-state index contributed by atoms with van der Waals surface area (Å²) in [6, 6.07) is 14.1. The van der Waals surface area contributed by atoms with Crippen LogP contribution in [0.3, 0.4) is 0 Å². The zero-order valence-electron chi connectivity index (χ0n) is 20.0. The van der Waals surface area contributed by atoms with Crippen molar-refractivity contribution in [3.8, 4) is 34.5 Å². The molecule has 0 spiro atoms. The number of fused-ring (bicyclic) bond motifs is 1. The van der Waals surface area contributed by atoms with E-state index in [9.17, 15) is 0 Å². The number of nitrogens with one attached hydrogen (secondary N) is 1. The van der Waals surface area contributed by atoms with Crippen LogP contribution in [-0.4, -0.2) is 49.6 Å². The van der Waals surface area contributed by atoms with Crippen LogP contribution in [0.1, 0.15) is 19.5 Å². The summed E-state index contributed by atoms with van der Waals surface area (Å²) in [6.07, 6.45) is 0. The molecule has 2 aromatic heterocycles. The zero-order valence-corrected chi connectivity index (χ0v) is 20.0. The van der Waals surface area contributed by atoms with Gasteiger partial charge in [0.2, 0.25) is 0 Å². The van der Waals surface area contributed by atoms with E-state index in [1.165, 1.54) is 0 Å². The quantitative estimate of drug-likeness (QED) is 0.409. The molecule has 0 amide bonds. The molecule has 0 atom stereocenters. The Labute approximate surface area is 193 Å². The Kier molecular flexibility index (Phi) is 6.35. The highest BCUT2D eigenvalue weighted by atomic mass is 16.5. The fourth-order valence-corrected chi connectivity index (χ4v) is 4.10. The van der Waals surface area contributed by atoms with Gasteiger partial charge >= 0.3 is 11.9 Å². The molecule has 0 aliphatic carbocycles.